The van der Waals surface area contributed by atoms with E-state index in [-0.39, 0.29) is 6.61 Å². The van der Waals surface area contributed by atoms with Crippen LogP contribution in [-0.4, -0.2) is 47.7 Å². The summed E-state index contributed by atoms with van der Waals surface area (Å²) in [5.74, 6) is 0.255. The van der Waals surface area contributed by atoms with Gasteiger partial charge in [0, 0.05) is 0 Å². The van der Waals surface area contributed by atoms with Crippen molar-refractivity contribution in [3.63, 3.8) is 0 Å². The first-order chi connectivity index (χ1) is 12.5. The molecule has 0 aromatic heterocycles. The third kappa shape index (κ3) is 5.83. The molecule has 6 nitrogen and oxygen atoms in total. The number of allylic oxidation sites excluding steroid dienone is 1. The maximum absolute atomic E-state index is 12.5. The van der Waals surface area contributed by atoms with Gasteiger partial charge in [-0.15, -0.1) is 0 Å². The van der Waals surface area contributed by atoms with Crippen LogP contribution in [0.1, 0.15) is 38.2 Å². The van der Waals surface area contributed by atoms with Crippen molar-refractivity contribution in [2.45, 2.75) is 63.6 Å². The lowest BCUT2D eigenvalue weighted by molar-refractivity contribution is -0.173. The molecule has 0 radical (unpaired) electrons. The van der Waals surface area contributed by atoms with Crippen LogP contribution in [0.3, 0.4) is 0 Å². The van der Waals surface area contributed by atoms with Crippen LogP contribution >= 0.6 is 0 Å². The predicted molar refractivity (Wildman–Crippen MR) is 96.7 cm³/mol. The van der Waals surface area contributed by atoms with Crippen molar-refractivity contribution in [2.75, 3.05) is 7.11 Å². The van der Waals surface area contributed by atoms with Gasteiger partial charge in [0.25, 0.3) is 0 Å². The van der Waals surface area contributed by atoms with Gasteiger partial charge in [0.1, 0.15) is 24.1 Å². The zero-order valence-corrected chi connectivity index (χ0v) is 15.3. The molecular weight excluding hydrogens is 336 g/mol. The maximum atomic E-state index is 12.5. The second-order valence-electron chi connectivity index (χ2n) is 6.40. The number of ether oxygens (including phenoxy) is 3. The Kier molecular flexibility index (Phi) is 8.09. The van der Waals surface area contributed by atoms with Crippen molar-refractivity contribution < 1.29 is 29.2 Å². The zero-order valence-electron chi connectivity index (χ0n) is 15.3. The lowest BCUT2D eigenvalue weighted by Crippen LogP contribution is -2.42. The summed E-state index contributed by atoms with van der Waals surface area (Å²) in [6.07, 6.45) is 1.85. The minimum atomic E-state index is -1.14. The molecule has 1 aromatic rings. The Morgan fingerprint density at radius 3 is 2.62 bits per heavy atom. The molecule has 0 saturated heterocycles. The first-order valence-corrected chi connectivity index (χ1v) is 9.03. The van der Waals surface area contributed by atoms with Crippen molar-refractivity contribution in [2.24, 2.45) is 0 Å². The highest BCUT2D eigenvalue weighted by Gasteiger charge is 2.31. The van der Waals surface area contributed by atoms with Crippen LogP contribution in [0, 0.1) is 0 Å². The monoisotopic (exact) mass is 364 g/mol. The van der Waals surface area contributed by atoms with E-state index < -0.39 is 30.4 Å². The Balaban J connectivity index is 2.03. The SMILES string of the molecule is CCC[C@H]1OC(=O)[C@@H](OCc2ccc(OC)cc2)CC/C=C/[C@H](O)[C@@H]1O. The fraction of sp³-hybridized carbons (Fsp3) is 0.550. The van der Waals surface area contributed by atoms with Crippen LogP contribution < -0.4 is 4.74 Å². The average Bonchev–Trinajstić information content (AvgIpc) is 2.65. The smallest absolute Gasteiger partial charge is 0.335 e. The molecule has 4 atom stereocenters. The number of aliphatic hydroxyl groups excluding tert-OH is 2. The van der Waals surface area contributed by atoms with Crippen LogP contribution in [0.2, 0.25) is 0 Å². The molecule has 2 rings (SSSR count). The van der Waals surface area contributed by atoms with Gasteiger partial charge in [0.15, 0.2) is 6.10 Å². The van der Waals surface area contributed by atoms with Gasteiger partial charge in [-0.1, -0.05) is 37.6 Å². The zero-order chi connectivity index (χ0) is 18.9. The summed E-state index contributed by atoms with van der Waals surface area (Å²) < 4.78 is 16.4. The van der Waals surface area contributed by atoms with Crippen LogP contribution in [0.5, 0.6) is 5.75 Å². The molecule has 0 amide bonds. The Morgan fingerprint density at radius 2 is 1.96 bits per heavy atom. The quantitative estimate of drug-likeness (QED) is 0.595. The molecule has 6 heteroatoms. The van der Waals surface area contributed by atoms with E-state index in [0.29, 0.717) is 19.3 Å². The number of methoxy groups -OCH3 is 1. The number of benzene rings is 1. The highest BCUT2D eigenvalue weighted by atomic mass is 16.6. The van der Waals surface area contributed by atoms with E-state index in [1.807, 2.05) is 31.2 Å². The summed E-state index contributed by atoms with van der Waals surface area (Å²) in [5.41, 5.74) is 0.923. The third-order valence-electron chi connectivity index (χ3n) is 4.37. The lowest BCUT2D eigenvalue weighted by atomic mass is 10.0. The summed E-state index contributed by atoms with van der Waals surface area (Å²) in [4.78, 5) is 12.5. The number of esters is 1. The number of hydrogen-bond acceptors (Lipinski definition) is 6. The van der Waals surface area contributed by atoms with E-state index in [2.05, 4.69) is 0 Å². The first kappa shape index (κ1) is 20.4. The van der Waals surface area contributed by atoms with E-state index in [9.17, 15) is 15.0 Å². The van der Waals surface area contributed by atoms with Gasteiger partial charge in [-0.2, -0.15) is 0 Å². The molecular formula is C20H28O6. The Labute approximate surface area is 154 Å². The number of hydrogen-bond donors (Lipinski definition) is 2. The van der Waals surface area contributed by atoms with Crippen LogP contribution in [0.15, 0.2) is 36.4 Å². The Hall–Kier alpha value is -1.89. The first-order valence-electron chi connectivity index (χ1n) is 9.03. The Bertz CT molecular complexity index is 582. The van der Waals surface area contributed by atoms with Gasteiger partial charge in [0.05, 0.1) is 13.7 Å². The predicted octanol–water partition coefficient (Wildman–Crippen LogP) is 2.36. The van der Waals surface area contributed by atoms with E-state index in [0.717, 1.165) is 17.7 Å². The Morgan fingerprint density at radius 1 is 1.23 bits per heavy atom. The fourth-order valence-electron chi connectivity index (χ4n) is 2.81. The lowest BCUT2D eigenvalue weighted by Gasteiger charge is -2.28. The number of carbonyl (C=O) groups excluding carboxylic acids is 1. The van der Waals surface area contributed by atoms with Crippen molar-refractivity contribution in [1.29, 1.82) is 0 Å². The van der Waals surface area contributed by atoms with E-state index in [4.69, 9.17) is 14.2 Å². The molecule has 1 aliphatic rings. The molecule has 26 heavy (non-hydrogen) atoms. The average molecular weight is 364 g/mol. The highest BCUT2D eigenvalue weighted by molar-refractivity contribution is 5.75. The van der Waals surface area contributed by atoms with E-state index in [1.165, 1.54) is 0 Å². The second kappa shape index (κ2) is 10.3. The molecule has 2 N–H and O–H groups in total. The summed E-state index contributed by atoms with van der Waals surface area (Å²) in [6, 6.07) is 7.43. The third-order valence-corrected chi connectivity index (χ3v) is 4.37. The van der Waals surface area contributed by atoms with Gasteiger partial charge >= 0.3 is 5.97 Å². The summed E-state index contributed by atoms with van der Waals surface area (Å²) >= 11 is 0. The van der Waals surface area contributed by atoms with Crippen molar-refractivity contribution in [3.8, 4) is 5.75 Å². The van der Waals surface area contributed by atoms with Crippen LogP contribution in [0.25, 0.3) is 0 Å². The van der Waals surface area contributed by atoms with Gasteiger partial charge in [-0.3, -0.25) is 0 Å². The van der Waals surface area contributed by atoms with Crippen molar-refractivity contribution in [1.82, 2.24) is 0 Å². The summed E-state index contributed by atoms with van der Waals surface area (Å²) in [6.45, 7) is 2.20. The number of carbonyl (C=O) groups is 1. The van der Waals surface area contributed by atoms with Crippen molar-refractivity contribution in [3.05, 3.63) is 42.0 Å². The summed E-state index contributed by atoms with van der Waals surface area (Å²) in [7, 11) is 1.60. The molecule has 0 aliphatic carbocycles. The highest BCUT2D eigenvalue weighted by Crippen LogP contribution is 2.19. The topological polar surface area (TPSA) is 85.2 Å². The molecule has 0 spiro atoms. The second-order valence-corrected chi connectivity index (χ2v) is 6.40. The number of cyclic esters (lactones) is 1. The van der Waals surface area contributed by atoms with Crippen LogP contribution in [-0.2, 0) is 20.9 Å². The minimum Gasteiger partial charge on any atom is -0.497 e. The standard InChI is InChI=1S/C20H28O6/c1-3-6-17-19(22)16(21)7-4-5-8-18(20(23)26-17)25-13-14-9-11-15(24-2)12-10-14/h4,7,9-12,16-19,21-22H,3,5-6,8,13H2,1-2H3/b7-4+/t16-,17+,18-,19-/m0/s1. The van der Waals surface area contributed by atoms with Gasteiger partial charge in [-0.05, 0) is 37.0 Å². The largest absolute Gasteiger partial charge is 0.497 e. The number of aliphatic hydroxyl groups is 2. The molecule has 0 unspecified atom stereocenters. The normalized spacial score (nSPS) is 28.2. The molecule has 1 aromatic carbocycles. The molecule has 0 bridgehead atoms. The van der Waals surface area contributed by atoms with Gasteiger partial charge in [-0.25, -0.2) is 4.79 Å². The minimum absolute atomic E-state index is 0.275. The molecule has 1 aliphatic heterocycles. The molecule has 0 saturated carbocycles. The van der Waals surface area contributed by atoms with Crippen LogP contribution in [0.4, 0.5) is 0 Å². The maximum Gasteiger partial charge on any atom is 0.335 e. The van der Waals surface area contributed by atoms with E-state index in [1.54, 1.807) is 19.3 Å². The number of rotatable bonds is 6. The molecule has 0 fully saturated rings. The fourth-order valence-corrected chi connectivity index (χ4v) is 2.81. The van der Waals surface area contributed by atoms with Gasteiger partial charge < -0.3 is 24.4 Å². The molecule has 144 valence electrons. The summed E-state index contributed by atoms with van der Waals surface area (Å²) in [5, 5.41) is 20.2. The molecule has 1 heterocycles. The van der Waals surface area contributed by atoms with Crippen molar-refractivity contribution >= 4 is 5.97 Å². The van der Waals surface area contributed by atoms with Gasteiger partial charge in [0.2, 0.25) is 0 Å². The van der Waals surface area contributed by atoms with E-state index >= 15 is 0 Å².